The normalized spacial score (nSPS) is 21.8. The number of fused-ring (bicyclic) bond motifs is 1. The van der Waals surface area contributed by atoms with Gasteiger partial charge in [-0.05, 0) is 23.2 Å². The van der Waals surface area contributed by atoms with Gasteiger partial charge in [0, 0.05) is 64.1 Å². The smallest absolute Gasteiger partial charge is 0.330 e. The second-order valence-electron chi connectivity index (χ2n) is 8.09. The largest absolute Gasteiger partial charge is 0.333 e. The maximum absolute atomic E-state index is 13.9. The molecule has 2 aliphatic rings. The van der Waals surface area contributed by atoms with Crippen LogP contribution >= 0.6 is 22.9 Å². The molecule has 4 heterocycles. The van der Waals surface area contributed by atoms with E-state index in [1.807, 2.05) is 4.90 Å². The minimum atomic E-state index is -2.84. The van der Waals surface area contributed by atoms with Crippen LogP contribution < -0.4 is 5.73 Å². The van der Waals surface area contributed by atoms with E-state index in [2.05, 4.69) is 20.1 Å². The maximum Gasteiger partial charge on any atom is 0.333 e. The van der Waals surface area contributed by atoms with E-state index < -0.39 is 23.9 Å². The summed E-state index contributed by atoms with van der Waals surface area (Å²) in [5.74, 6) is -0.0275. The predicted molar refractivity (Wildman–Crippen MR) is 125 cm³/mol. The molecule has 1 fully saturated rings. The zero-order valence-electron chi connectivity index (χ0n) is 17.9. The number of nitrogens with two attached hydrogens (primary N) is 1. The fourth-order valence-electron chi connectivity index (χ4n) is 4.41. The molecule has 9 nitrogen and oxygen atoms in total. The molecule has 3 aromatic rings. The Hall–Kier alpha value is -3.38. The van der Waals surface area contributed by atoms with Crippen LogP contribution in [0.3, 0.4) is 0 Å². The Morgan fingerprint density at radius 2 is 2.23 bits per heavy atom. The third-order valence-electron chi connectivity index (χ3n) is 6.00. The molecule has 2 atom stereocenters. The topological polar surface area (TPSA) is 121 Å². The molecule has 14 heteroatoms. The Bertz CT molecular complexity index is 1380. The van der Waals surface area contributed by atoms with Crippen molar-refractivity contribution >= 4 is 34.3 Å². The SMILES string of the molecule is [N-]=[N+]=N[C@]1(CN)CC2=C(c3cnn(C(F)F)c3)[C@H](c3ccc(F)cc3Cl)N=C(c3nccs3)N2C1. The van der Waals surface area contributed by atoms with E-state index in [0.717, 1.165) is 0 Å². The Morgan fingerprint density at radius 1 is 1.40 bits per heavy atom. The summed E-state index contributed by atoms with van der Waals surface area (Å²) in [6.07, 6.45) is 4.39. The van der Waals surface area contributed by atoms with Crippen LogP contribution in [0.2, 0.25) is 5.02 Å². The average Bonchev–Trinajstić information content (AvgIpc) is 3.58. The number of azide groups is 1. The van der Waals surface area contributed by atoms with Crippen LogP contribution in [0.4, 0.5) is 13.2 Å². The van der Waals surface area contributed by atoms with E-state index in [9.17, 15) is 18.7 Å². The van der Waals surface area contributed by atoms with Crippen molar-refractivity contribution in [2.24, 2.45) is 15.8 Å². The van der Waals surface area contributed by atoms with Gasteiger partial charge in [0.05, 0.1) is 11.7 Å². The lowest BCUT2D eigenvalue weighted by Gasteiger charge is -2.32. The minimum absolute atomic E-state index is 0.0494. The van der Waals surface area contributed by atoms with Gasteiger partial charge in [-0.2, -0.15) is 13.9 Å². The van der Waals surface area contributed by atoms with Crippen LogP contribution in [0, 0.1) is 5.82 Å². The van der Waals surface area contributed by atoms with Crippen LogP contribution in [0.5, 0.6) is 0 Å². The van der Waals surface area contributed by atoms with Crippen LogP contribution in [-0.2, 0) is 0 Å². The highest BCUT2D eigenvalue weighted by Gasteiger charge is 2.47. The third-order valence-corrected chi connectivity index (χ3v) is 7.09. The molecule has 2 N–H and O–H groups in total. The average molecular weight is 520 g/mol. The third kappa shape index (κ3) is 4.06. The molecule has 35 heavy (non-hydrogen) atoms. The molecule has 0 spiro atoms. The van der Waals surface area contributed by atoms with Crippen molar-refractivity contribution in [2.75, 3.05) is 13.1 Å². The van der Waals surface area contributed by atoms with Gasteiger partial charge in [0.1, 0.15) is 11.9 Å². The van der Waals surface area contributed by atoms with Crippen molar-refractivity contribution in [3.05, 3.63) is 85.3 Å². The number of benzene rings is 1. The predicted octanol–water partition coefficient (Wildman–Crippen LogP) is 5.15. The highest BCUT2D eigenvalue weighted by molar-refractivity contribution is 7.11. The summed E-state index contributed by atoms with van der Waals surface area (Å²) in [7, 11) is 0. The molecule has 5 rings (SSSR count). The highest BCUT2D eigenvalue weighted by Crippen LogP contribution is 2.49. The number of rotatable bonds is 6. The first-order valence-corrected chi connectivity index (χ1v) is 11.6. The van der Waals surface area contributed by atoms with Gasteiger partial charge in [-0.15, -0.1) is 11.3 Å². The standard InChI is InChI=1S/C21H17ClF3N9S/c22-14-5-12(23)1-2-13(14)17-16(11-7-29-34(8-11)20(24)25)15-6-21(9-26,31-32-27)10-33(15)18(30-17)19-28-3-4-35-19/h1-5,7-8,17,20H,6,9-10,26H2/t17-,21-/m0/s1. The monoisotopic (exact) mass is 519 g/mol. The van der Waals surface area contributed by atoms with Crippen molar-refractivity contribution in [3.63, 3.8) is 0 Å². The van der Waals surface area contributed by atoms with Gasteiger partial charge in [-0.3, -0.25) is 4.99 Å². The number of thiazole rings is 1. The number of aliphatic imine (C=N–C) groups is 1. The van der Waals surface area contributed by atoms with Crippen molar-refractivity contribution < 1.29 is 13.2 Å². The van der Waals surface area contributed by atoms with Gasteiger partial charge in [-0.1, -0.05) is 22.8 Å². The van der Waals surface area contributed by atoms with Crippen LogP contribution in [0.15, 0.2) is 58.0 Å². The second kappa shape index (κ2) is 9.00. The lowest BCUT2D eigenvalue weighted by molar-refractivity contribution is 0.0566. The van der Waals surface area contributed by atoms with Crippen molar-refractivity contribution in [2.45, 2.75) is 24.6 Å². The lowest BCUT2D eigenvalue weighted by atomic mass is 9.89. The quantitative estimate of drug-likeness (QED) is 0.275. The van der Waals surface area contributed by atoms with Gasteiger partial charge >= 0.3 is 6.55 Å². The van der Waals surface area contributed by atoms with Crippen molar-refractivity contribution in [1.29, 1.82) is 0 Å². The Labute approximate surface area is 206 Å². The highest BCUT2D eigenvalue weighted by atomic mass is 35.5. The van der Waals surface area contributed by atoms with E-state index in [-0.39, 0.29) is 24.5 Å². The molecule has 0 amide bonds. The lowest BCUT2D eigenvalue weighted by Crippen LogP contribution is -2.41. The summed E-state index contributed by atoms with van der Waals surface area (Å²) in [6.45, 7) is -2.57. The zero-order valence-corrected chi connectivity index (χ0v) is 19.5. The summed E-state index contributed by atoms with van der Waals surface area (Å²) in [6, 6.07) is 3.15. The van der Waals surface area contributed by atoms with Gasteiger partial charge in [0.2, 0.25) is 0 Å². The number of aromatic nitrogens is 3. The van der Waals surface area contributed by atoms with Crippen molar-refractivity contribution in [1.82, 2.24) is 19.7 Å². The maximum atomic E-state index is 13.9. The summed E-state index contributed by atoms with van der Waals surface area (Å²) in [4.78, 5) is 14.2. The van der Waals surface area contributed by atoms with Gasteiger partial charge in [-0.25, -0.2) is 14.1 Å². The number of hydrogen-bond donors (Lipinski definition) is 1. The first-order valence-electron chi connectivity index (χ1n) is 10.4. The molecule has 1 saturated heterocycles. The summed E-state index contributed by atoms with van der Waals surface area (Å²) in [5.41, 5.74) is 16.3. The van der Waals surface area contributed by atoms with Gasteiger partial charge in [0.25, 0.3) is 0 Å². The summed E-state index contributed by atoms with van der Waals surface area (Å²) >= 11 is 7.79. The fourth-order valence-corrected chi connectivity index (χ4v) is 5.32. The summed E-state index contributed by atoms with van der Waals surface area (Å²) < 4.78 is 41.2. The molecule has 0 unspecified atom stereocenters. The summed E-state index contributed by atoms with van der Waals surface area (Å²) in [5, 5.41) is 10.3. The van der Waals surface area contributed by atoms with E-state index in [0.29, 0.717) is 37.9 Å². The number of hydrogen-bond acceptors (Lipinski definition) is 7. The molecule has 0 bridgehead atoms. The Morgan fingerprint density at radius 3 is 2.86 bits per heavy atom. The Balaban J connectivity index is 1.78. The van der Waals surface area contributed by atoms with E-state index >= 15 is 0 Å². The van der Waals surface area contributed by atoms with E-state index in [1.165, 1.54) is 41.9 Å². The number of nitrogens with zero attached hydrogens (tertiary/aromatic N) is 8. The van der Waals surface area contributed by atoms with Gasteiger partial charge < -0.3 is 10.6 Å². The first-order chi connectivity index (χ1) is 16.9. The van der Waals surface area contributed by atoms with E-state index in [1.54, 1.807) is 11.6 Å². The molecule has 0 aliphatic carbocycles. The molecular formula is C21H17ClF3N9S. The molecule has 2 aliphatic heterocycles. The molecular weight excluding hydrogens is 503 g/mol. The molecule has 0 saturated carbocycles. The minimum Gasteiger partial charge on any atom is -0.330 e. The van der Waals surface area contributed by atoms with Crippen LogP contribution in [0.1, 0.15) is 35.1 Å². The molecule has 1 aromatic carbocycles. The molecule has 2 aromatic heterocycles. The molecule has 180 valence electrons. The van der Waals surface area contributed by atoms with E-state index in [4.69, 9.17) is 22.3 Å². The second-order valence-corrected chi connectivity index (χ2v) is 9.39. The van der Waals surface area contributed by atoms with Crippen LogP contribution in [0.25, 0.3) is 16.0 Å². The van der Waals surface area contributed by atoms with Gasteiger partial charge in [0.15, 0.2) is 10.8 Å². The fraction of sp³-hybridized carbons (Fsp3) is 0.286. The Kier molecular flexibility index (Phi) is 6.01. The number of halogens is 4. The van der Waals surface area contributed by atoms with Crippen molar-refractivity contribution in [3.8, 4) is 0 Å². The van der Waals surface area contributed by atoms with Crippen LogP contribution in [-0.4, -0.2) is 44.1 Å². The number of amidine groups is 1. The number of alkyl halides is 2. The first kappa shape index (κ1) is 23.4. The zero-order chi connectivity index (χ0) is 24.7. The molecule has 0 radical (unpaired) electrons.